The lowest BCUT2D eigenvalue weighted by Gasteiger charge is -2.47. The van der Waals surface area contributed by atoms with Crippen LogP contribution in [0, 0.1) is 0 Å². The summed E-state index contributed by atoms with van der Waals surface area (Å²) in [5.74, 6) is 0.808. The van der Waals surface area contributed by atoms with Gasteiger partial charge >= 0.3 is 0 Å². The highest BCUT2D eigenvalue weighted by molar-refractivity contribution is 5.61. The second kappa shape index (κ2) is 4.20. The smallest absolute Gasteiger partial charge is 0.203 e. The predicted molar refractivity (Wildman–Crippen MR) is 69.5 cm³/mol. The third-order valence-corrected chi connectivity index (χ3v) is 4.03. The molecule has 0 aromatic carbocycles. The Labute approximate surface area is 106 Å². The molecule has 2 aromatic heterocycles. The summed E-state index contributed by atoms with van der Waals surface area (Å²) in [6, 6.07) is 0. The van der Waals surface area contributed by atoms with Crippen molar-refractivity contribution in [1.82, 2.24) is 24.5 Å². The van der Waals surface area contributed by atoms with Gasteiger partial charge in [-0.05, 0) is 33.4 Å². The first-order valence-electron chi connectivity index (χ1n) is 6.27. The third-order valence-electron chi connectivity index (χ3n) is 4.03. The Hall–Kier alpha value is -1.69. The quantitative estimate of drug-likeness (QED) is 0.873. The first-order valence-corrected chi connectivity index (χ1v) is 6.27. The van der Waals surface area contributed by atoms with Gasteiger partial charge in [-0.1, -0.05) is 0 Å². The molecule has 0 aliphatic heterocycles. The Morgan fingerprint density at radius 2 is 2.28 bits per heavy atom. The van der Waals surface area contributed by atoms with E-state index in [0.29, 0.717) is 0 Å². The van der Waals surface area contributed by atoms with Crippen molar-refractivity contribution in [1.29, 1.82) is 0 Å². The van der Waals surface area contributed by atoms with Gasteiger partial charge in [0, 0.05) is 24.5 Å². The van der Waals surface area contributed by atoms with Crippen molar-refractivity contribution >= 4 is 11.5 Å². The van der Waals surface area contributed by atoms with Gasteiger partial charge < -0.3 is 10.2 Å². The zero-order chi connectivity index (χ0) is 12.6. The molecule has 2 heterocycles. The van der Waals surface area contributed by atoms with Crippen LogP contribution in [0.4, 0.5) is 5.82 Å². The summed E-state index contributed by atoms with van der Waals surface area (Å²) in [5, 5.41) is 11.4. The number of nitrogens with one attached hydrogen (secondary N) is 1. The van der Waals surface area contributed by atoms with Crippen LogP contribution in [0.5, 0.6) is 0 Å². The summed E-state index contributed by atoms with van der Waals surface area (Å²) in [6.45, 7) is 0.902. The first-order chi connectivity index (χ1) is 8.71. The Bertz CT molecular complexity index is 542. The van der Waals surface area contributed by atoms with Gasteiger partial charge in [-0.3, -0.25) is 4.40 Å². The molecule has 0 amide bonds. The van der Waals surface area contributed by atoms with Crippen LogP contribution in [0.3, 0.4) is 0 Å². The molecule has 0 unspecified atom stereocenters. The maximum absolute atomic E-state index is 4.35. The molecule has 0 saturated heterocycles. The van der Waals surface area contributed by atoms with Crippen molar-refractivity contribution in [2.24, 2.45) is 0 Å². The Kier molecular flexibility index (Phi) is 2.66. The normalized spacial score (nSPS) is 17.9. The van der Waals surface area contributed by atoms with Gasteiger partial charge in [-0.15, -0.1) is 10.2 Å². The highest BCUT2D eigenvalue weighted by Crippen LogP contribution is 2.36. The molecular weight excluding hydrogens is 228 g/mol. The maximum atomic E-state index is 4.35. The summed E-state index contributed by atoms with van der Waals surface area (Å²) in [7, 11) is 4.29. The molecule has 1 N–H and O–H groups in total. The minimum Gasteiger partial charge on any atom is -0.365 e. The Morgan fingerprint density at radius 3 is 2.94 bits per heavy atom. The molecular formula is C12H18N6. The van der Waals surface area contributed by atoms with E-state index in [4.69, 9.17) is 0 Å². The van der Waals surface area contributed by atoms with Crippen LogP contribution >= 0.6 is 0 Å². The fourth-order valence-electron chi connectivity index (χ4n) is 2.50. The van der Waals surface area contributed by atoms with Crippen molar-refractivity contribution in [3.63, 3.8) is 0 Å². The molecule has 6 heteroatoms. The average molecular weight is 246 g/mol. The second-order valence-electron chi connectivity index (χ2n) is 5.16. The number of fused-ring (bicyclic) bond motifs is 1. The van der Waals surface area contributed by atoms with Gasteiger partial charge in [0.15, 0.2) is 5.82 Å². The van der Waals surface area contributed by atoms with E-state index in [9.17, 15) is 0 Å². The van der Waals surface area contributed by atoms with E-state index in [1.165, 1.54) is 19.3 Å². The van der Waals surface area contributed by atoms with Crippen molar-refractivity contribution in [2.45, 2.75) is 24.8 Å². The van der Waals surface area contributed by atoms with Crippen LogP contribution in [0.15, 0.2) is 18.7 Å². The van der Waals surface area contributed by atoms with Gasteiger partial charge in [0.1, 0.15) is 6.33 Å². The fourth-order valence-corrected chi connectivity index (χ4v) is 2.50. The number of anilines is 1. The molecule has 1 fully saturated rings. The SMILES string of the molecule is CN(C)C1(CNc2nccn3cnnc23)CCC1. The van der Waals surface area contributed by atoms with Gasteiger partial charge in [-0.25, -0.2) is 4.98 Å². The summed E-state index contributed by atoms with van der Waals surface area (Å²) in [4.78, 5) is 6.66. The lowest BCUT2D eigenvalue weighted by Crippen LogP contribution is -2.54. The van der Waals surface area contributed by atoms with E-state index in [1.807, 2.05) is 10.6 Å². The Morgan fingerprint density at radius 1 is 1.44 bits per heavy atom. The number of aromatic nitrogens is 4. The van der Waals surface area contributed by atoms with E-state index in [0.717, 1.165) is 18.0 Å². The molecule has 6 nitrogen and oxygen atoms in total. The van der Waals surface area contributed by atoms with Crippen molar-refractivity contribution < 1.29 is 0 Å². The second-order valence-corrected chi connectivity index (χ2v) is 5.16. The molecule has 3 rings (SSSR count). The van der Waals surface area contributed by atoms with Gasteiger partial charge in [-0.2, -0.15) is 0 Å². The summed E-state index contributed by atoms with van der Waals surface area (Å²) in [6.07, 6.45) is 9.09. The lowest BCUT2D eigenvalue weighted by molar-refractivity contribution is 0.0738. The van der Waals surface area contributed by atoms with E-state index < -0.39 is 0 Å². The predicted octanol–water partition coefficient (Wildman–Crippen LogP) is 1.02. The molecule has 1 aliphatic carbocycles. The minimum atomic E-state index is 0.272. The third kappa shape index (κ3) is 1.73. The minimum absolute atomic E-state index is 0.272. The molecule has 0 bridgehead atoms. The van der Waals surface area contributed by atoms with Crippen LogP contribution < -0.4 is 5.32 Å². The number of hydrogen-bond acceptors (Lipinski definition) is 5. The number of rotatable bonds is 4. The van der Waals surface area contributed by atoms with Crippen molar-refractivity contribution in [2.75, 3.05) is 26.0 Å². The summed E-state index contributed by atoms with van der Waals surface area (Å²) >= 11 is 0. The largest absolute Gasteiger partial charge is 0.365 e. The van der Waals surface area contributed by atoms with Crippen LogP contribution in [0.1, 0.15) is 19.3 Å². The molecule has 96 valence electrons. The standard InChI is InChI=1S/C12H18N6/c1-17(2)12(4-3-5-12)8-14-10-11-16-15-9-18(11)7-6-13-10/h6-7,9H,3-5,8H2,1-2H3,(H,13,14). The number of likely N-dealkylation sites (N-methyl/N-ethyl adjacent to an activating group) is 1. The molecule has 1 saturated carbocycles. The Balaban J connectivity index is 1.79. The summed E-state index contributed by atoms with van der Waals surface area (Å²) < 4.78 is 1.87. The van der Waals surface area contributed by atoms with Crippen molar-refractivity contribution in [3.05, 3.63) is 18.7 Å². The molecule has 0 radical (unpaired) electrons. The molecule has 0 atom stereocenters. The van der Waals surface area contributed by atoms with Gasteiger partial charge in [0.2, 0.25) is 5.65 Å². The zero-order valence-corrected chi connectivity index (χ0v) is 10.8. The highest BCUT2D eigenvalue weighted by Gasteiger charge is 2.38. The molecule has 1 aliphatic rings. The maximum Gasteiger partial charge on any atom is 0.203 e. The van der Waals surface area contributed by atoms with E-state index in [2.05, 4.69) is 39.5 Å². The van der Waals surface area contributed by atoms with Crippen LogP contribution in [0.25, 0.3) is 5.65 Å². The van der Waals surface area contributed by atoms with Gasteiger partial charge in [0.25, 0.3) is 0 Å². The van der Waals surface area contributed by atoms with Crippen LogP contribution in [-0.2, 0) is 0 Å². The fraction of sp³-hybridized carbons (Fsp3) is 0.583. The summed E-state index contributed by atoms with van der Waals surface area (Å²) in [5.41, 5.74) is 1.06. The van der Waals surface area contributed by atoms with E-state index >= 15 is 0 Å². The molecule has 2 aromatic rings. The topological polar surface area (TPSA) is 58.4 Å². The van der Waals surface area contributed by atoms with Gasteiger partial charge in [0.05, 0.1) is 0 Å². The van der Waals surface area contributed by atoms with E-state index in [-0.39, 0.29) is 5.54 Å². The van der Waals surface area contributed by atoms with E-state index in [1.54, 1.807) is 12.5 Å². The number of hydrogen-bond donors (Lipinski definition) is 1. The zero-order valence-electron chi connectivity index (χ0n) is 10.8. The highest BCUT2D eigenvalue weighted by atomic mass is 15.3. The molecule has 18 heavy (non-hydrogen) atoms. The number of nitrogens with zero attached hydrogens (tertiary/aromatic N) is 5. The molecule has 0 spiro atoms. The lowest BCUT2D eigenvalue weighted by atomic mass is 9.75. The first kappa shape index (κ1) is 11.4. The van der Waals surface area contributed by atoms with Crippen LogP contribution in [-0.4, -0.2) is 50.7 Å². The van der Waals surface area contributed by atoms with Crippen molar-refractivity contribution in [3.8, 4) is 0 Å². The average Bonchev–Trinajstić information content (AvgIpc) is 2.75. The monoisotopic (exact) mass is 246 g/mol. The van der Waals surface area contributed by atoms with Crippen LogP contribution in [0.2, 0.25) is 0 Å².